The molecule has 0 unspecified atom stereocenters. The fourth-order valence-corrected chi connectivity index (χ4v) is 2.25. The summed E-state index contributed by atoms with van der Waals surface area (Å²) in [7, 11) is 0. The molecule has 0 aliphatic carbocycles. The molecule has 1 aliphatic rings. The third-order valence-electron chi connectivity index (χ3n) is 2.85. The Balaban J connectivity index is 2.08. The van der Waals surface area contributed by atoms with Crippen LogP contribution in [-0.4, -0.2) is 5.97 Å². The van der Waals surface area contributed by atoms with E-state index in [4.69, 9.17) is 27.9 Å². The van der Waals surface area contributed by atoms with E-state index in [1.54, 1.807) is 30.3 Å². The van der Waals surface area contributed by atoms with Crippen LogP contribution in [0.1, 0.15) is 11.1 Å². The summed E-state index contributed by atoms with van der Waals surface area (Å²) >= 11 is 11.8. The largest absolute Gasteiger partial charge is 0.422 e. The summed E-state index contributed by atoms with van der Waals surface area (Å²) in [5, 5.41) is 0.939. The van der Waals surface area contributed by atoms with Crippen LogP contribution >= 0.6 is 23.2 Å². The van der Waals surface area contributed by atoms with Gasteiger partial charge in [-0.25, -0.2) is 4.79 Å². The summed E-state index contributed by atoms with van der Waals surface area (Å²) in [6, 6.07) is 12.5. The standard InChI is InChI=1S/C15H8Cl2O2/c16-12-6-5-9(8-13(12)17)7-11-10-3-1-2-4-14(10)19-15(11)18/h1-8H/b11-7-. The minimum atomic E-state index is -0.354. The van der Waals surface area contributed by atoms with E-state index in [9.17, 15) is 4.79 Å². The Hall–Kier alpha value is -1.77. The van der Waals surface area contributed by atoms with Gasteiger partial charge in [-0.15, -0.1) is 0 Å². The van der Waals surface area contributed by atoms with Gasteiger partial charge < -0.3 is 4.74 Å². The smallest absolute Gasteiger partial charge is 0.344 e. The Labute approximate surface area is 120 Å². The first-order valence-electron chi connectivity index (χ1n) is 5.63. The highest BCUT2D eigenvalue weighted by molar-refractivity contribution is 6.42. The lowest BCUT2D eigenvalue weighted by Crippen LogP contribution is -2.00. The average molecular weight is 291 g/mol. The summed E-state index contributed by atoms with van der Waals surface area (Å²) in [5.74, 6) is 0.228. The van der Waals surface area contributed by atoms with Gasteiger partial charge in [0.15, 0.2) is 0 Å². The first-order valence-corrected chi connectivity index (χ1v) is 6.39. The van der Waals surface area contributed by atoms with Gasteiger partial charge in [0.05, 0.1) is 15.6 Å². The topological polar surface area (TPSA) is 26.3 Å². The monoisotopic (exact) mass is 290 g/mol. The Morgan fingerprint density at radius 3 is 2.58 bits per heavy atom. The molecular weight excluding hydrogens is 283 g/mol. The maximum atomic E-state index is 11.8. The molecule has 0 spiro atoms. The number of hydrogen-bond donors (Lipinski definition) is 0. The molecule has 1 aliphatic heterocycles. The fourth-order valence-electron chi connectivity index (χ4n) is 1.95. The Kier molecular flexibility index (Phi) is 3.05. The highest BCUT2D eigenvalue weighted by Gasteiger charge is 2.26. The summed E-state index contributed by atoms with van der Waals surface area (Å²) < 4.78 is 5.18. The van der Waals surface area contributed by atoms with Crippen LogP contribution in [0, 0.1) is 0 Å². The van der Waals surface area contributed by atoms with E-state index in [0.29, 0.717) is 21.4 Å². The summed E-state index contributed by atoms with van der Waals surface area (Å²) in [5.41, 5.74) is 2.12. The van der Waals surface area contributed by atoms with Crippen molar-refractivity contribution in [1.29, 1.82) is 0 Å². The number of fused-ring (bicyclic) bond motifs is 1. The lowest BCUT2D eigenvalue weighted by molar-refractivity contribution is -0.126. The molecular formula is C15H8Cl2O2. The SMILES string of the molecule is O=C1Oc2ccccc2/C1=C/c1ccc(Cl)c(Cl)c1. The van der Waals surface area contributed by atoms with E-state index in [2.05, 4.69) is 0 Å². The van der Waals surface area contributed by atoms with Gasteiger partial charge in [0, 0.05) is 5.56 Å². The molecule has 0 saturated heterocycles. The zero-order valence-corrected chi connectivity index (χ0v) is 11.2. The Morgan fingerprint density at radius 1 is 1.00 bits per heavy atom. The Morgan fingerprint density at radius 2 is 1.79 bits per heavy atom. The molecule has 19 heavy (non-hydrogen) atoms. The average Bonchev–Trinajstić information content (AvgIpc) is 2.71. The molecule has 0 amide bonds. The van der Waals surface area contributed by atoms with Crippen molar-refractivity contribution in [2.45, 2.75) is 0 Å². The maximum Gasteiger partial charge on any atom is 0.344 e. The number of hydrogen-bond acceptors (Lipinski definition) is 2. The van der Waals surface area contributed by atoms with Gasteiger partial charge in [-0.2, -0.15) is 0 Å². The van der Waals surface area contributed by atoms with Crippen LogP contribution in [0.2, 0.25) is 10.0 Å². The molecule has 3 rings (SSSR count). The van der Waals surface area contributed by atoms with Crippen molar-refractivity contribution < 1.29 is 9.53 Å². The molecule has 1 heterocycles. The number of benzene rings is 2. The lowest BCUT2D eigenvalue weighted by Gasteiger charge is -1.99. The number of halogens is 2. The van der Waals surface area contributed by atoms with Crippen molar-refractivity contribution in [3.63, 3.8) is 0 Å². The van der Waals surface area contributed by atoms with Crippen molar-refractivity contribution in [2.24, 2.45) is 0 Å². The minimum Gasteiger partial charge on any atom is -0.422 e. The fraction of sp³-hybridized carbons (Fsp3) is 0. The van der Waals surface area contributed by atoms with Crippen molar-refractivity contribution >= 4 is 40.8 Å². The van der Waals surface area contributed by atoms with Gasteiger partial charge in [-0.1, -0.05) is 47.5 Å². The first kappa shape index (κ1) is 12.3. The van der Waals surface area contributed by atoms with Crippen LogP contribution in [0.5, 0.6) is 5.75 Å². The van der Waals surface area contributed by atoms with Crippen molar-refractivity contribution in [3.05, 3.63) is 63.6 Å². The molecule has 4 heteroatoms. The summed E-state index contributed by atoms with van der Waals surface area (Å²) in [4.78, 5) is 11.8. The predicted molar refractivity (Wildman–Crippen MR) is 76.4 cm³/mol. The molecule has 0 saturated carbocycles. The van der Waals surface area contributed by atoms with Crippen molar-refractivity contribution in [3.8, 4) is 5.75 Å². The first-order chi connectivity index (χ1) is 9.15. The van der Waals surface area contributed by atoms with E-state index >= 15 is 0 Å². The normalized spacial score (nSPS) is 15.5. The lowest BCUT2D eigenvalue weighted by atomic mass is 10.0. The van der Waals surface area contributed by atoms with Gasteiger partial charge in [0.25, 0.3) is 0 Å². The van der Waals surface area contributed by atoms with Crippen LogP contribution < -0.4 is 4.74 Å². The van der Waals surface area contributed by atoms with E-state index in [0.717, 1.165) is 11.1 Å². The third-order valence-corrected chi connectivity index (χ3v) is 3.59. The number of ether oxygens (including phenoxy) is 1. The Bertz CT molecular complexity index is 705. The van der Waals surface area contributed by atoms with Gasteiger partial charge >= 0.3 is 5.97 Å². The molecule has 0 bridgehead atoms. The molecule has 0 radical (unpaired) electrons. The van der Waals surface area contributed by atoms with Crippen molar-refractivity contribution in [1.82, 2.24) is 0 Å². The van der Waals surface area contributed by atoms with Gasteiger partial charge in [0.1, 0.15) is 5.75 Å². The molecule has 2 aromatic rings. The number of rotatable bonds is 1. The van der Waals surface area contributed by atoms with Gasteiger partial charge in [0.2, 0.25) is 0 Å². The number of para-hydroxylation sites is 1. The highest BCUT2D eigenvalue weighted by Crippen LogP contribution is 2.35. The second kappa shape index (κ2) is 4.72. The van der Waals surface area contributed by atoms with Crippen LogP contribution in [-0.2, 0) is 4.79 Å². The van der Waals surface area contributed by atoms with Crippen molar-refractivity contribution in [2.75, 3.05) is 0 Å². The van der Waals surface area contributed by atoms with E-state index in [1.807, 2.05) is 18.2 Å². The van der Waals surface area contributed by atoms with Crippen LogP contribution in [0.4, 0.5) is 0 Å². The zero-order chi connectivity index (χ0) is 13.4. The van der Waals surface area contributed by atoms with Crippen LogP contribution in [0.3, 0.4) is 0 Å². The molecule has 0 fully saturated rings. The second-order valence-corrected chi connectivity index (χ2v) is 4.93. The highest BCUT2D eigenvalue weighted by atomic mass is 35.5. The van der Waals surface area contributed by atoms with Gasteiger partial charge in [-0.3, -0.25) is 0 Å². The summed E-state index contributed by atoms with van der Waals surface area (Å²) in [6.45, 7) is 0. The number of carbonyl (C=O) groups is 1. The number of carbonyl (C=O) groups excluding carboxylic acids is 1. The molecule has 0 atom stereocenters. The van der Waals surface area contributed by atoms with Crippen LogP contribution in [0.25, 0.3) is 11.6 Å². The van der Waals surface area contributed by atoms with Gasteiger partial charge in [-0.05, 0) is 29.8 Å². The number of esters is 1. The zero-order valence-electron chi connectivity index (χ0n) is 9.69. The molecule has 2 aromatic carbocycles. The molecule has 2 nitrogen and oxygen atoms in total. The third kappa shape index (κ3) is 2.25. The minimum absolute atomic E-state index is 0.354. The van der Waals surface area contributed by atoms with Crippen LogP contribution in [0.15, 0.2) is 42.5 Å². The maximum absolute atomic E-state index is 11.8. The molecule has 0 N–H and O–H groups in total. The van der Waals surface area contributed by atoms with E-state index in [1.165, 1.54) is 0 Å². The van der Waals surface area contributed by atoms with E-state index < -0.39 is 0 Å². The molecule has 94 valence electrons. The molecule has 0 aromatic heterocycles. The quantitative estimate of drug-likeness (QED) is 0.440. The van der Waals surface area contributed by atoms with E-state index in [-0.39, 0.29) is 5.97 Å². The predicted octanol–water partition coefficient (Wildman–Crippen LogP) is 4.45. The second-order valence-electron chi connectivity index (χ2n) is 4.12. The summed E-state index contributed by atoms with van der Waals surface area (Å²) in [6.07, 6.45) is 1.75.